The van der Waals surface area contributed by atoms with Gasteiger partial charge in [0.1, 0.15) is 0 Å². The fourth-order valence-electron chi connectivity index (χ4n) is 2.39. The average molecular weight is 240 g/mol. The second-order valence-electron chi connectivity index (χ2n) is 5.26. The molecular weight excluding hydrogens is 212 g/mol. The predicted octanol–water partition coefficient (Wildman–Crippen LogP) is 2.41. The Morgan fingerprint density at radius 3 is 2.76 bits per heavy atom. The lowest BCUT2D eigenvalue weighted by molar-refractivity contribution is -0.134. The number of hydrogen-bond acceptors (Lipinski definition) is 2. The minimum atomic E-state index is 0.363. The molecule has 3 nitrogen and oxygen atoms in total. The highest BCUT2D eigenvalue weighted by atomic mass is 16.2. The minimum Gasteiger partial charge on any atom is -0.340 e. The van der Waals surface area contributed by atoms with Gasteiger partial charge in [-0.3, -0.25) is 4.79 Å². The number of nitrogens with one attached hydrogen (secondary N) is 1. The monoisotopic (exact) mass is 240 g/mol. The van der Waals surface area contributed by atoms with Gasteiger partial charge >= 0.3 is 0 Å². The number of carbonyl (C=O) groups excluding carboxylic acids is 1. The van der Waals surface area contributed by atoms with Crippen molar-refractivity contribution in [3.63, 3.8) is 0 Å². The maximum absolute atomic E-state index is 12.3. The average Bonchev–Trinajstić information content (AvgIpc) is 2.81. The first kappa shape index (κ1) is 14.5. The summed E-state index contributed by atoms with van der Waals surface area (Å²) in [4.78, 5) is 14.4. The van der Waals surface area contributed by atoms with Gasteiger partial charge in [-0.05, 0) is 45.2 Å². The maximum atomic E-state index is 12.3. The van der Waals surface area contributed by atoms with E-state index >= 15 is 0 Å². The summed E-state index contributed by atoms with van der Waals surface area (Å²) >= 11 is 0. The first-order chi connectivity index (χ1) is 8.19. The number of rotatable bonds is 7. The predicted molar refractivity (Wildman–Crippen MR) is 72.0 cm³/mol. The molecule has 0 radical (unpaired) electrons. The van der Waals surface area contributed by atoms with Crippen molar-refractivity contribution in [2.45, 2.75) is 58.9 Å². The lowest BCUT2D eigenvalue weighted by Gasteiger charge is -2.29. The fraction of sp³-hybridized carbons (Fsp3) is 0.929. The third-order valence-electron chi connectivity index (χ3n) is 3.82. The Kier molecular flexibility index (Phi) is 6.56. The molecule has 0 aromatic rings. The maximum Gasteiger partial charge on any atom is 0.223 e. The molecule has 1 aliphatic rings. The Morgan fingerprint density at radius 2 is 2.24 bits per heavy atom. The lowest BCUT2D eigenvalue weighted by atomic mass is 10.0. The van der Waals surface area contributed by atoms with Crippen LogP contribution in [0.3, 0.4) is 0 Å². The SMILES string of the molecule is CCCCN(C(=O)CC1CCNC1)C(C)CC. The van der Waals surface area contributed by atoms with E-state index in [1.165, 1.54) is 0 Å². The Balaban J connectivity index is 2.45. The molecule has 0 aliphatic carbocycles. The number of unbranched alkanes of at least 4 members (excludes halogenated alkanes) is 1. The summed E-state index contributed by atoms with van der Waals surface area (Å²) in [5, 5.41) is 3.33. The van der Waals surface area contributed by atoms with E-state index in [-0.39, 0.29) is 0 Å². The summed E-state index contributed by atoms with van der Waals surface area (Å²) in [5.74, 6) is 0.928. The van der Waals surface area contributed by atoms with Gasteiger partial charge in [0.15, 0.2) is 0 Å². The molecule has 1 saturated heterocycles. The zero-order chi connectivity index (χ0) is 12.7. The van der Waals surface area contributed by atoms with E-state index in [0.717, 1.165) is 51.7 Å². The van der Waals surface area contributed by atoms with Crippen LogP contribution in [0.15, 0.2) is 0 Å². The van der Waals surface area contributed by atoms with Gasteiger partial charge in [-0.2, -0.15) is 0 Å². The van der Waals surface area contributed by atoms with Gasteiger partial charge in [0.25, 0.3) is 0 Å². The Labute approximate surface area is 106 Å². The van der Waals surface area contributed by atoms with E-state index in [2.05, 4.69) is 31.0 Å². The highest BCUT2D eigenvalue weighted by Gasteiger charge is 2.23. The molecule has 0 saturated carbocycles. The molecule has 0 aromatic carbocycles. The summed E-state index contributed by atoms with van der Waals surface area (Å²) < 4.78 is 0. The third kappa shape index (κ3) is 4.66. The van der Waals surface area contributed by atoms with E-state index in [0.29, 0.717) is 17.9 Å². The van der Waals surface area contributed by atoms with Gasteiger partial charge in [-0.1, -0.05) is 20.3 Å². The second kappa shape index (κ2) is 7.70. The van der Waals surface area contributed by atoms with Crippen LogP contribution in [-0.4, -0.2) is 36.5 Å². The number of nitrogens with zero attached hydrogens (tertiary/aromatic N) is 1. The van der Waals surface area contributed by atoms with Gasteiger partial charge in [0, 0.05) is 19.0 Å². The van der Waals surface area contributed by atoms with Gasteiger partial charge < -0.3 is 10.2 Å². The van der Waals surface area contributed by atoms with Crippen LogP contribution in [0.2, 0.25) is 0 Å². The van der Waals surface area contributed by atoms with Crippen molar-refractivity contribution < 1.29 is 4.79 Å². The first-order valence-electron chi connectivity index (χ1n) is 7.19. The van der Waals surface area contributed by atoms with Crippen LogP contribution >= 0.6 is 0 Å². The summed E-state index contributed by atoms with van der Waals surface area (Å²) in [7, 11) is 0. The highest BCUT2D eigenvalue weighted by Crippen LogP contribution is 2.16. The van der Waals surface area contributed by atoms with Gasteiger partial charge in [0.2, 0.25) is 5.91 Å². The molecular formula is C14H28N2O. The quantitative estimate of drug-likeness (QED) is 0.741. The second-order valence-corrected chi connectivity index (χ2v) is 5.26. The Hall–Kier alpha value is -0.570. The molecule has 17 heavy (non-hydrogen) atoms. The van der Waals surface area contributed by atoms with Crippen LogP contribution in [0.25, 0.3) is 0 Å². The molecule has 2 unspecified atom stereocenters. The van der Waals surface area contributed by atoms with Crippen LogP contribution in [0, 0.1) is 5.92 Å². The van der Waals surface area contributed by atoms with Gasteiger partial charge in [0.05, 0.1) is 0 Å². The van der Waals surface area contributed by atoms with Gasteiger partial charge in [-0.15, -0.1) is 0 Å². The Bertz CT molecular complexity index is 224. The zero-order valence-electron chi connectivity index (χ0n) is 11.7. The summed E-state index contributed by atoms with van der Waals surface area (Å²) in [5.41, 5.74) is 0. The molecule has 1 aliphatic heterocycles. The smallest absolute Gasteiger partial charge is 0.223 e. The van der Waals surface area contributed by atoms with Crippen LogP contribution in [0.4, 0.5) is 0 Å². The van der Waals surface area contributed by atoms with E-state index < -0.39 is 0 Å². The summed E-state index contributed by atoms with van der Waals surface area (Å²) in [6.45, 7) is 9.54. The molecule has 0 aromatic heterocycles. The van der Waals surface area contributed by atoms with Crippen molar-refractivity contribution in [3.8, 4) is 0 Å². The summed E-state index contributed by atoms with van der Waals surface area (Å²) in [6, 6.07) is 0.392. The Morgan fingerprint density at radius 1 is 1.47 bits per heavy atom. The van der Waals surface area contributed by atoms with Crippen LogP contribution in [-0.2, 0) is 4.79 Å². The number of carbonyl (C=O) groups is 1. The van der Waals surface area contributed by atoms with Crippen molar-refractivity contribution in [3.05, 3.63) is 0 Å². The fourth-order valence-corrected chi connectivity index (χ4v) is 2.39. The topological polar surface area (TPSA) is 32.3 Å². The van der Waals surface area contributed by atoms with Crippen LogP contribution < -0.4 is 5.32 Å². The number of amides is 1. The molecule has 0 bridgehead atoms. The van der Waals surface area contributed by atoms with E-state index in [9.17, 15) is 4.79 Å². The van der Waals surface area contributed by atoms with E-state index in [1.54, 1.807) is 0 Å². The van der Waals surface area contributed by atoms with Crippen molar-refractivity contribution in [1.82, 2.24) is 10.2 Å². The molecule has 0 spiro atoms. The third-order valence-corrected chi connectivity index (χ3v) is 3.82. The number of hydrogen-bond donors (Lipinski definition) is 1. The zero-order valence-corrected chi connectivity index (χ0v) is 11.7. The molecule has 1 rings (SSSR count). The highest BCUT2D eigenvalue weighted by molar-refractivity contribution is 5.76. The van der Waals surface area contributed by atoms with Crippen molar-refractivity contribution in [2.75, 3.05) is 19.6 Å². The molecule has 1 amide bonds. The first-order valence-corrected chi connectivity index (χ1v) is 7.19. The van der Waals surface area contributed by atoms with Crippen molar-refractivity contribution in [2.24, 2.45) is 5.92 Å². The van der Waals surface area contributed by atoms with Crippen molar-refractivity contribution >= 4 is 5.91 Å². The standard InChI is InChI=1S/C14H28N2O/c1-4-6-9-16(12(3)5-2)14(17)10-13-7-8-15-11-13/h12-13,15H,4-11H2,1-3H3. The summed E-state index contributed by atoms with van der Waals surface area (Å²) in [6.07, 6.45) is 5.23. The van der Waals surface area contributed by atoms with E-state index in [1.807, 2.05) is 0 Å². The molecule has 1 N–H and O–H groups in total. The molecule has 100 valence electrons. The van der Waals surface area contributed by atoms with Crippen LogP contribution in [0.5, 0.6) is 0 Å². The molecule has 2 atom stereocenters. The largest absolute Gasteiger partial charge is 0.340 e. The van der Waals surface area contributed by atoms with Gasteiger partial charge in [-0.25, -0.2) is 0 Å². The normalized spacial score (nSPS) is 21.5. The lowest BCUT2D eigenvalue weighted by Crippen LogP contribution is -2.40. The van der Waals surface area contributed by atoms with Crippen LogP contribution in [0.1, 0.15) is 52.9 Å². The van der Waals surface area contributed by atoms with E-state index in [4.69, 9.17) is 0 Å². The molecule has 1 heterocycles. The molecule has 1 fully saturated rings. The van der Waals surface area contributed by atoms with Crippen molar-refractivity contribution in [1.29, 1.82) is 0 Å². The minimum absolute atomic E-state index is 0.363. The molecule has 3 heteroatoms.